The molecule has 0 aliphatic rings. The zero-order valence-corrected chi connectivity index (χ0v) is 66.8. The third kappa shape index (κ3) is 89.2. The normalized spacial score (nSPS) is 11.2. The van der Waals surface area contributed by atoms with Gasteiger partial charge in [0, 0.05) is 238 Å². The van der Waals surface area contributed by atoms with Crippen molar-refractivity contribution in [2.45, 2.75) is 49.4 Å². The van der Waals surface area contributed by atoms with Crippen LogP contribution in [0.5, 0.6) is 0 Å². The smallest absolute Gasteiger partial charge is 0.431 e. The van der Waals surface area contributed by atoms with Crippen molar-refractivity contribution in [1.82, 2.24) is 40.8 Å². The van der Waals surface area contributed by atoms with Crippen molar-refractivity contribution in [3.63, 3.8) is 0 Å². The van der Waals surface area contributed by atoms with Gasteiger partial charge in [0.1, 0.15) is 22.8 Å². The first kappa shape index (κ1) is 116. The monoisotopic (exact) mass is 1840 g/mol. The number of nitrogens with zero attached hydrogens (tertiary/aromatic N) is 8. The van der Waals surface area contributed by atoms with Gasteiger partial charge < -0.3 is 40.8 Å². The van der Waals surface area contributed by atoms with Crippen molar-refractivity contribution in [3.05, 3.63) is 69.8 Å². The van der Waals surface area contributed by atoms with Crippen LogP contribution in [0.3, 0.4) is 0 Å². The summed E-state index contributed by atoms with van der Waals surface area (Å²) in [6.07, 6.45) is -39.1. The number of hydrogen-bond acceptors (Lipinski definition) is 4. The Kier molecular flexibility index (Phi) is 74.2. The second-order valence-corrected chi connectivity index (χ2v) is 44.4. The fourth-order valence-electron chi connectivity index (χ4n) is 2.29. The molecule has 0 aromatic carbocycles. The van der Waals surface area contributed by atoms with E-state index >= 15 is 0 Å². The Morgan fingerprint density at radius 2 is 0.284 bits per heavy atom. The Morgan fingerprint density at radius 3 is 0.318 bits per heavy atom. The molecule has 0 amide bonds. The van der Waals surface area contributed by atoms with Crippen LogP contribution < -0.4 is 20.4 Å². The van der Waals surface area contributed by atoms with Gasteiger partial charge in [0.05, 0.1) is 0 Å². The summed E-state index contributed by atoms with van der Waals surface area (Å²) in [5.74, 6) is 0. The number of rotatable bonds is 0. The number of hydrogen-bond donors (Lipinski definition) is 0. The van der Waals surface area contributed by atoms with E-state index < -0.39 is 95.0 Å². The summed E-state index contributed by atoms with van der Waals surface area (Å²) in [5, 5.41) is 18.9. The number of aromatic nitrogens is 8. The molecule has 0 unspecified atom stereocenters. The first-order chi connectivity index (χ1) is 36.7. The van der Waals surface area contributed by atoms with Crippen LogP contribution in [0.15, 0.2) is 24.3 Å². The molecule has 540 valence electrons. The number of alkyl halides is 24. The van der Waals surface area contributed by atoms with Crippen LogP contribution in [-0.2, 0) is 127 Å². The molecule has 4 heterocycles. The largest absolute Gasteiger partial charge is 0.571 e. The minimum atomic E-state index is -4.89. The molecule has 0 spiro atoms. The van der Waals surface area contributed by atoms with Gasteiger partial charge in [-0.05, 0) is 110 Å². The molecular formula is C44H84F24N8P8Rh4+4. The van der Waals surface area contributed by atoms with E-state index in [1.807, 2.05) is 0 Å². The van der Waals surface area contributed by atoms with Crippen molar-refractivity contribution < 1.29 is 183 Å². The summed E-state index contributed by atoms with van der Waals surface area (Å²) >= 11 is 0. The van der Waals surface area contributed by atoms with Gasteiger partial charge in [0.2, 0.25) is 0 Å². The van der Waals surface area contributed by atoms with E-state index in [-0.39, 0.29) is 166 Å². The first-order valence-corrected chi connectivity index (χ1v) is 47.4. The molecule has 0 bridgehead atoms. The predicted octanol–water partition coefficient (Wildman–Crippen LogP) is 17.0. The third-order valence-electron chi connectivity index (χ3n) is 4.48. The Balaban J connectivity index is -0.0000000744. The molecule has 0 saturated carbocycles. The van der Waals surface area contributed by atoms with E-state index in [2.05, 4.69) is 201 Å². The Labute approximate surface area is 562 Å². The average Bonchev–Trinajstić information content (AvgIpc) is 4.01. The quantitative estimate of drug-likeness (QED) is 0.0973. The van der Waals surface area contributed by atoms with Gasteiger partial charge in [-0.25, -0.2) is 0 Å². The molecule has 0 N–H and O–H groups in total. The maximum atomic E-state index is 11.7. The van der Waals surface area contributed by atoms with Crippen LogP contribution in [0.4, 0.5) is 105 Å². The minimum absolute atomic E-state index is 0. The van der Waals surface area contributed by atoms with Gasteiger partial charge in [-0.15, -0.1) is 0 Å². The molecule has 0 aliphatic heterocycles. The summed E-state index contributed by atoms with van der Waals surface area (Å²) < 4.78 is 281. The second kappa shape index (κ2) is 56.1. The molecule has 0 saturated heterocycles. The number of halogens is 24. The van der Waals surface area contributed by atoms with Crippen LogP contribution in [0.25, 0.3) is 0 Å². The van der Waals surface area contributed by atoms with Crippen molar-refractivity contribution >= 4 is 63.4 Å². The molecule has 8 nitrogen and oxygen atoms in total. The van der Waals surface area contributed by atoms with Crippen LogP contribution in [0, 0.1) is 0 Å². The molecule has 4 aromatic heterocycles. The Morgan fingerprint density at radius 1 is 0.205 bits per heavy atom. The molecule has 4 rings (SSSR count). The maximum Gasteiger partial charge on any atom is 0.431 e. The van der Waals surface area contributed by atoms with E-state index in [1.165, 1.54) is 0 Å². The zero-order valence-electron chi connectivity index (χ0n) is 52.3. The minimum Gasteiger partial charge on any atom is -0.571 e. The van der Waals surface area contributed by atoms with E-state index in [0.717, 1.165) is 0 Å². The molecule has 88 heavy (non-hydrogen) atoms. The summed E-state index contributed by atoms with van der Waals surface area (Å²) in [5.41, 5.74) is -13.1. The van der Waals surface area contributed by atoms with Gasteiger partial charge >= 0.3 is 49.4 Å². The van der Waals surface area contributed by atoms with Crippen molar-refractivity contribution in [2.24, 2.45) is 0 Å². The SMILES string of the molecule is C[PH+](C)C.C[PH+](C)C.C[PH+](C)C.C[PH+](C)C.C[PH+](C)C.C[PH+](C)C.C[PH+](C)C.C[PH+](C)C.FC(F)(F)c1cc(C(F)(F)F)[n-]n1.FC(F)(F)c1cc(C(F)(F)F)[n-]n1.FC(F)(F)c1cc(C(F)(F)F)[n-]n1.FC(F)(F)c1cc(C(F)(F)F)[n-]n1.[Rh].[Rh].[Rh].[Rh]. The van der Waals surface area contributed by atoms with E-state index in [4.69, 9.17) is 0 Å². The van der Waals surface area contributed by atoms with Crippen molar-refractivity contribution in [3.8, 4) is 0 Å². The van der Waals surface area contributed by atoms with E-state index in [9.17, 15) is 105 Å². The first-order valence-electron chi connectivity index (χ1n) is 23.4. The van der Waals surface area contributed by atoms with Gasteiger partial charge in [-0.3, -0.25) is 0 Å². The summed E-state index contributed by atoms with van der Waals surface area (Å²) in [6, 6.07) is -0.556. The van der Waals surface area contributed by atoms with Crippen LogP contribution >= 0.6 is 63.4 Å². The van der Waals surface area contributed by atoms with Crippen molar-refractivity contribution in [1.29, 1.82) is 0 Å². The van der Waals surface area contributed by atoms with Gasteiger partial charge in [-0.2, -0.15) is 105 Å². The van der Waals surface area contributed by atoms with Gasteiger partial charge in [-0.1, -0.05) is 0 Å². The second-order valence-electron chi connectivity index (χ2n) is 20.4. The standard InChI is InChI=1S/4C5HF6N2.8C3H9P.4Rh/c4*6-4(7,8)2-1-3(13-12-2)5(9,10)11;8*1-4(2)3;;;;/h4*1H;8*1-3H3;;;;/q4*-1;;;;;;;;;;;;/p+8. The Hall–Kier alpha value is 1.09. The van der Waals surface area contributed by atoms with Crippen LogP contribution in [-0.4, -0.2) is 180 Å². The molecule has 44 heteroatoms. The molecule has 4 aromatic rings. The van der Waals surface area contributed by atoms with Gasteiger partial charge in [0.15, 0.2) is 0 Å². The van der Waals surface area contributed by atoms with Crippen molar-refractivity contribution in [2.75, 3.05) is 160 Å². The summed E-state index contributed by atoms with van der Waals surface area (Å²) in [4.78, 5) is 0. The summed E-state index contributed by atoms with van der Waals surface area (Å²) in [6.45, 7) is 54.4. The maximum absolute atomic E-state index is 11.7. The van der Waals surface area contributed by atoms with Crippen LogP contribution in [0.1, 0.15) is 45.6 Å². The molecule has 0 atom stereocenters. The molecule has 4 radical (unpaired) electrons. The predicted molar refractivity (Wildman–Crippen MR) is 319 cm³/mol. The van der Waals surface area contributed by atoms with E-state index in [0.29, 0.717) is 0 Å². The molecular weight excluding hydrogens is 1760 g/mol. The van der Waals surface area contributed by atoms with E-state index in [1.54, 1.807) is 0 Å². The van der Waals surface area contributed by atoms with Crippen LogP contribution in [0.2, 0.25) is 0 Å². The Bertz CT molecular complexity index is 1700. The zero-order chi connectivity index (χ0) is 69.7. The molecule has 0 aliphatic carbocycles. The third-order valence-corrected chi connectivity index (χ3v) is 4.48. The fourth-order valence-corrected chi connectivity index (χ4v) is 2.29. The summed E-state index contributed by atoms with van der Waals surface area (Å²) in [7, 11) is 0.963. The molecule has 0 fully saturated rings. The topological polar surface area (TPSA) is 108 Å². The average molecular weight is 1840 g/mol. The van der Waals surface area contributed by atoms with Gasteiger partial charge in [0.25, 0.3) is 0 Å². The fraction of sp³-hybridized carbons (Fsp3) is 0.727.